The predicted molar refractivity (Wildman–Crippen MR) is 56.4 cm³/mol. The minimum atomic E-state index is -0.245. The van der Waals surface area contributed by atoms with Gasteiger partial charge in [0.2, 0.25) is 0 Å². The highest BCUT2D eigenvalue weighted by Gasteiger charge is 2.12. The van der Waals surface area contributed by atoms with Crippen LogP contribution in [0.25, 0.3) is 0 Å². The number of halogens is 2. The summed E-state index contributed by atoms with van der Waals surface area (Å²) in [6, 6.07) is 2.95. The molecule has 0 aliphatic carbocycles. The first kappa shape index (κ1) is 11.3. The lowest BCUT2D eigenvalue weighted by molar-refractivity contribution is 0.100. The zero-order chi connectivity index (χ0) is 10.7. The zero-order valence-corrected chi connectivity index (χ0v) is 9.02. The largest absolute Gasteiger partial charge is 0.495 e. The van der Waals surface area contributed by atoms with E-state index in [4.69, 9.17) is 33.7 Å². The van der Waals surface area contributed by atoms with Crippen LogP contribution in [0.4, 0.5) is 0 Å². The maximum Gasteiger partial charge on any atom is 0.178 e. The summed E-state index contributed by atoms with van der Waals surface area (Å²) >= 11 is 11.6. The lowest BCUT2D eigenvalue weighted by Crippen LogP contribution is -2.14. The number of methoxy groups -OCH3 is 1. The Balaban J connectivity index is 3.24. The number of ether oxygens (including phenoxy) is 1. The summed E-state index contributed by atoms with van der Waals surface area (Å²) in [5.74, 6) is 0.165. The van der Waals surface area contributed by atoms with Crippen LogP contribution in [0.2, 0.25) is 10.0 Å². The van der Waals surface area contributed by atoms with Gasteiger partial charge in [0.15, 0.2) is 5.78 Å². The third-order valence-electron chi connectivity index (χ3n) is 1.73. The Morgan fingerprint density at radius 2 is 2.07 bits per heavy atom. The summed E-state index contributed by atoms with van der Waals surface area (Å²) in [4.78, 5) is 11.3. The standard InChI is InChI=1S/C9H9Cl2NO2/c1-14-9-2-5(8(13)4-12)6(10)3-7(9)11/h2-3H,4,12H2,1H3. The quantitative estimate of drug-likeness (QED) is 0.815. The van der Waals surface area contributed by atoms with Gasteiger partial charge in [0.1, 0.15) is 5.75 Å². The third kappa shape index (κ3) is 2.18. The van der Waals surface area contributed by atoms with Crippen LogP contribution in [0, 0.1) is 0 Å². The SMILES string of the molecule is COc1cc(C(=O)CN)c(Cl)cc1Cl. The first-order valence-electron chi connectivity index (χ1n) is 3.86. The molecule has 0 bridgehead atoms. The van der Waals surface area contributed by atoms with Gasteiger partial charge in [-0.1, -0.05) is 23.2 Å². The van der Waals surface area contributed by atoms with Crippen molar-refractivity contribution in [2.75, 3.05) is 13.7 Å². The Labute approximate surface area is 91.7 Å². The lowest BCUT2D eigenvalue weighted by atomic mass is 10.1. The van der Waals surface area contributed by atoms with Crippen molar-refractivity contribution in [3.05, 3.63) is 27.7 Å². The van der Waals surface area contributed by atoms with Gasteiger partial charge in [-0.3, -0.25) is 4.79 Å². The number of rotatable bonds is 3. The van der Waals surface area contributed by atoms with E-state index in [1.54, 1.807) is 0 Å². The van der Waals surface area contributed by atoms with Crippen molar-refractivity contribution in [2.24, 2.45) is 5.73 Å². The second kappa shape index (κ2) is 4.64. The highest BCUT2D eigenvalue weighted by atomic mass is 35.5. The van der Waals surface area contributed by atoms with Gasteiger partial charge in [-0.25, -0.2) is 0 Å². The molecule has 1 aromatic rings. The maximum absolute atomic E-state index is 11.3. The molecule has 0 saturated heterocycles. The van der Waals surface area contributed by atoms with E-state index in [1.165, 1.54) is 19.2 Å². The van der Waals surface area contributed by atoms with Crippen molar-refractivity contribution in [3.8, 4) is 5.75 Å². The van der Waals surface area contributed by atoms with Crippen molar-refractivity contribution < 1.29 is 9.53 Å². The van der Waals surface area contributed by atoms with Gasteiger partial charge in [0.25, 0.3) is 0 Å². The molecule has 0 heterocycles. The molecule has 14 heavy (non-hydrogen) atoms. The molecule has 2 N–H and O–H groups in total. The van der Waals surface area contributed by atoms with Crippen molar-refractivity contribution in [1.82, 2.24) is 0 Å². The Bertz CT molecular complexity index is 366. The van der Waals surface area contributed by atoms with Gasteiger partial charge in [0, 0.05) is 5.56 Å². The smallest absolute Gasteiger partial charge is 0.178 e. The third-order valence-corrected chi connectivity index (χ3v) is 2.34. The maximum atomic E-state index is 11.3. The molecule has 76 valence electrons. The van der Waals surface area contributed by atoms with Crippen molar-refractivity contribution in [1.29, 1.82) is 0 Å². The Kier molecular flexibility index (Phi) is 3.75. The number of hydrogen-bond donors (Lipinski definition) is 1. The molecular weight excluding hydrogens is 225 g/mol. The van der Waals surface area contributed by atoms with Crippen LogP contribution in [-0.2, 0) is 0 Å². The van der Waals surface area contributed by atoms with E-state index >= 15 is 0 Å². The molecule has 1 rings (SSSR count). The van der Waals surface area contributed by atoms with E-state index in [9.17, 15) is 4.79 Å². The molecule has 0 radical (unpaired) electrons. The first-order valence-corrected chi connectivity index (χ1v) is 4.62. The fourth-order valence-electron chi connectivity index (χ4n) is 1.01. The van der Waals surface area contributed by atoms with Crippen molar-refractivity contribution in [3.63, 3.8) is 0 Å². The zero-order valence-electron chi connectivity index (χ0n) is 7.51. The number of ketones is 1. The molecule has 0 atom stereocenters. The van der Waals surface area contributed by atoms with E-state index in [2.05, 4.69) is 0 Å². The summed E-state index contributed by atoms with van der Waals surface area (Å²) in [6.07, 6.45) is 0. The van der Waals surface area contributed by atoms with Gasteiger partial charge in [-0.2, -0.15) is 0 Å². The molecule has 0 aliphatic rings. The molecule has 0 aliphatic heterocycles. The summed E-state index contributed by atoms with van der Waals surface area (Å²) in [7, 11) is 1.46. The van der Waals surface area contributed by atoms with Crippen molar-refractivity contribution >= 4 is 29.0 Å². The van der Waals surface area contributed by atoms with E-state index in [-0.39, 0.29) is 17.4 Å². The highest BCUT2D eigenvalue weighted by Crippen LogP contribution is 2.30. The average molecular weight is 234 g/mol. The first-order chi connectivity index (χ1) is 6.60. The van der Waals surface area contributed by atoms with E-state index < -0.39 is 0 Å². The van der Waals surface area contributed by atoms with Crippen LogP contribution in [-0.4, -0.2) is 19.4 Å². The summed E-state index contributed by atoms with van der Waals surface area (Å²) in [5, 5.41) is 0.650. The normalized spacial score (nSPS) is 10.0. The Morgan fingerprint density at radius 1 is 1.43 bits per heavy atom. The van der Waals surface area contributed by atoms with Crippen molar-refractivity contribution in [2.45, 2.75) is 0 Å². The minimum absolute atomic E-state index is 0.0928. The summed E-state index contributed by atoms with van der Waals surface area (Å²) in [6.45, 7) is -0.0928. The molecule has 0 aromatic heterocycles. The lowest BCUT2D eigenvalue weighted by Gasteiger charge is -2.07. The second-order valence-electron chi connectivity index (χ2n) is 2.59. The summed E-state index contributed by atoms with van der Waals surface area (Å²) < 4.78 is 4.95. The summed E-state index contributed by atoms with van der Waals surface area (Å²) in [5.41, 5.74) is 5.55. The number of carbonyl (C=O) groups is 1. The van der Waals surface area contributed by atoms with E-state index in [0.717, 1.165) is 0 Å². The number of carbonyl (C=O) groups excluding carboxylic acids is 1. The molecule has 5 heteroatoms. The fraction of sp³-hybridized carbons (Fsp3) is 0.222. The van der Waals surface area contributed by atoms with Crippen LogP contribution >= 0.6 is 23.2 Å². The number of nitrogens with two attached hydrogens (primary N) is 1. The van der Waals surface area contributed by atoms with Crippen LogP contribution in [0.3, 0.4) is 0 Å². The molecule has 0 unspecified atom stereocenters. The van der Waals surface area contributed by atoms with E-state index in [1.807, 2.05) is 0 Å². The van der Waals surface area contributed by atoms with Crippen LogP contribution < -0.4 is 10.5 Å². The molecule has 0 amide bonds. The van der Waals surface area contributed by atoms with Crippen LogP contribution in [0.15, 0.2) is 12.1 Å². The number of benzene rings is 1. The van der Waals surface area contributed by atoms with Gasteiger partial charge in [-0.05, 0) is 12.1 Å². The average Bonchev–Trinajstić information content (AvgIpc) is 2.17. The van der Waals surface area contributed by atoms with E-state index in [0.29, 0.717) is 16.3 Å². The van der Waals surface area contributed by atoms with Gasteiger partial charge in [0.05, 0.1) is 23.7 Å². The van der Waals surface area contributed by atoms with Crippen LogP contribution in [0.1, 0.15) is 10.4 Å². The molecule has 0 fully saturated rings. The molecule has 0 spiro atoms. The van der Waals surface area contributed by atoms with Crippen LogP contribution in [0.5, 0.6) is 5.75 Å². The van der Waals surface area contributed by atoms with Gasteiger partial charge >= 0.3 is 0 Å². The van der Waals surface area contributed by atoms with Gasteiger partial charge in [-0.15, -0.1) is 0 Å². The highest BCUT2D eigenvalue weighted by molar-refractivity contribution is 6.37. The molecule has 3 nitrogen and oxygen atoms in total. The molecule has 0 saturated carbocycles. The Hall–Kier alpha value is -0.770. The second-order valence-corrected chi connectivity index (χ2v) is 3.41. The monoisotopic (exact) mass is 233 g/mol. The molecule has 1 aromatic carbocycles. The number of Topliss-reactive ketones (excluding diaryl/α,β-unsaturated/α-hetero) is 1. The fourth-order valence-corrected chi connectivity index (χ4v) is 1.57. The number of hydrogen-bond acceptors (Lipinski definition) is 3. The topological polar surface area (TPSA) is 52.3 Å². The predicted octanol–water partition coefficient (Wildman–Crippen LogP) is 2.14. The molecular formula is C9H9Cl2NO2. The minimum Gasteiger partial charge on any atom is -0.495 e. The Morgan fingerprint density at radius 3 is 2.57 bits per heavy atom. The van der Waals surface area contributed by atoms with Gasteiger partial charge < -0.3 is 10.5 Å².